The molecule has 0 radical (unpaired) electrons. The summed E-state index contributed by atoms with van der Waals surface area (Å²) in [6, 6.07) is 0. The number of carbonyl (C=O) groups is 2. The van der Waals surface area contributed by atoms with Gasteiger partial charge >= 0.3 is 0 Å². The highest BCUT2D eigenvalue weighted by atomic mass is 35.5. The number of allylic oxidation sites excluding steroid dienone is 5. The first kappa shape index (κ1) is 11.6. The second kappa shape index (κ2) is 5.44. The molecule has 0 amide bonds. The van der Waals surface area contributed by atoms with Gasteiger partial charge in [-0.25, -0.2) is 4.79 Å². The van der Waals surface area contributed by atoms with E-state index >= 15 is 0 Å². The molecule has 0 saturated carbocycles. The molecule has 0 N–H and O–H groups in total. The van der Waals surface area contributed by atoms with E-state index in [0.29, 0.717) is 30.3 Å². The molecular formula is C11H9ClO3. The van der Waals surface area contributed by atoms with Gasteiger partial charge in [-0.2, -0.15) is 0 Å². The Balaban J connectivity index is 2.75. The summed E-state index contributed by atoms with van der Waals surface area (Å²) >= 11 is 5.20. The molecule has 0 heterocycles. The van der Waals surface area contributed by atoms with E-state index in [-0.39, 0.29) is 6.42 Å². The molecule has 0 fully saturated rings. The van der Waals surface area contributed by atoms with Crippen LogP contribution in [0.15, 0.2) is 28.9 Å². The topological polar surface area (TPSA) is 51.2 Å². The predicted molar refractivity (Wildman–Crippen MR) is 56.1 cm³/mol. The zero-order valence-corrected chi connectivity index (χ0v) is 8.71. The predicted octanol–water partition coefficient (Wildman–Crippen LogP) is 1.75. The Hall–Kier alpha value is -1.44. The fourth-order valence-electron chi connectivity index (χ4n) is 1.33. The SMILES string of the molecule is O=C=C1CC(CCC(=O)Cl)=CC=C1C=O. The fraction of sp³-hybridized carbons (Fsp3) is 0.273. The summed E-state index contributed by atoms with van der Waals surface area (Å²) in [7, 11) is 0. The van der Waals surface area contributed by atoms with Crippen molar-refractivity contribution in [1.82, 2.24) is 0 Å². The largest absolute Gasteiger partial charge is 0.298 e. The lowest BCUT2D eigenvalue weighted by atomic mass is 9.92. The average molecular weight is 225 g/mol. The van der Waals surface area contributed by atoms with Crippen LogP contribution in [0.4, 0.5) is 0 Å². The maximum atomic E-state index is 10.5. The number of halogens is 1. The van der Waals surface area contributed by atoms with Gasteiger partial charge in [0.2, 0.25) is 5.24 Å². The minimum absolute atomic E-state index is 0.240. The quantitative estimate of drug-likeness (QED) is 0.415. The first-order valence-electron chi connectivity index (χ1n) is 4.45. The number of rotatable bonds is 4. The van der Waals surface area contributed by atoms with Crippen molar-refractivity contribution in [3.05, 3.63) is 28.9 Å². The van der Waals surface area contributed by atoms with Gasteiger partial charge in [0.05, 0.1) is 5.57 Å². The van der Waals surface area contributed by atoms with Crippen molar-refractivity contribution in [3.8, 4) is 0 Å². The van der Waals surface area contributed by atoms with E-state index in [1.807, 2.05) is 0 Å². The molecule has 0 aromatic carbocycles. The summed E-state index contributed by atoms with van der Waals surface area (Å²) in [5, 5.41) is -0.405. The summed E-state index contributed by atoms with van der Waals surface area (Å²) < 4.78 is 0. The molecule has 0 atom stereocenters. The van der Waals surface area contributed by atoms with Crippen LogP contribution in [0.2, 0.25) is 0 Å². The van der Waals surface area contributed by atoms with Crippen molar-refractivity contribution in [2.75, 3.05) is 0 Å². The van der Waals surface area contributed by atoms with E-state index in [4.69, 9.17) is 11.6 Å². The Kier molecular flexibility index (Phi) is 4.22. The highest BCUT2D eigenvalue weighted by molar-refractivity contribution is 6.63. The van der Waals surface area contributed by atoms with E-state index in [1.165, 1.54) is 0 Å². The minimum atomic E-state index is -0.405. The molecule has 0 aromatic heterocycles. The first-order chi connectivity index (χ1) is 7.17. The molecule has 3 nitrogen and oxygen atoms in total. The van der Waals surface area contributed by atoms with Crippen LogP contribution in [0.5, 0.6) is 0 Å². The van der Waals surface area contributed by atoms with Gasteiger partial charge in [0.25, 0.3) is 0 Å². The molecule has 4 heteroatoms. The fourth-order valence-corrected chi connectivity index (χ4v) is 1.43. The van der Waals surface area contributed by atoms with Gasteiger partial charge in [-0.3, -0.25) is 9.59 Å². The number of hydrogen-bond donors (Lipinski definition) is 0. The van der Waals surface area contributed by atoms with E-state index in [0.717, 1.165) is 5.57 Å². The van der Waals surface area contributed by atoms with Crippen molar-refractivity contribution in [1.29, 1.82) is 0 Å². The molecule has 0 spiro atoms. The van der Waals surface area contributed by atoms with Gasteiger partial charge in [-0.15, -0.1) is 0 Å². The molecule has 0 unspecified atom stereocenters. The van der Waals surface area contributed by atoms with Gasteiger partial charge < -0.3 is 0 Å². The highest BCUT2D eigenvalue weighted by Crippen LogP contribution is 2.24. The van der Waals surface area contributed by atoms with Crippen molar-refractivity contribution >= 4 is 29.1 Å². The van der Waals surface area contributed by atoms with Gasteiger partial charge in [-0.1, -0.05) is 17.7 Å². The Labute approximate surface area is 92.1 Å². The molecule has 0 saturated heterocycles. The second-order valence-electron chi connectivity index (χ2n) is 3.18. The van der Waals surface area contributed by atoms with Gasteiger partial charge in [0, 0.05) is 18.4 Å². The van der Waals surface area contributed by atoms with Crippen LogP contribution in [-0.4, -0.2) is 17.5 Å². The molecule has 0 aliphatic heterocycles. The normalized spacial score (nSPS) is 15.1. The lowest BCUT2D eigenvalue weighted by Crippen LogP contribution is -2.01. The van der Waals surface area contributed by atoms with Crippen molar-refractivity contribution in [2.45, 2.75) is 19.3 Å². The van der Waals surface area contributed by atoms with Crippen LogP contribution < -0.4 is 0 Å². The molecule has 1 aliphatic rings. The van der Waals surface area contributed by atoms with Crippen LogP contribution in [-0.2, 0) is 14.4 Å². The number of aldehydes is 1. The Morgan fingerprint density at radius 1 is 1.53 bits per heavy atom. The van der Waals surface area contributed by atoms with Crippen molar-refractivity contribution < 1.29 is 14.4 Å². The van der Waals surface area contributed by atoms with E-state index in [2.05, 4.69) is 0 Å². The summed E-state index contributed by atoms with van der Waals surface area (Å²) in [6.45, 7) is 0. The smallest absolute Gasteiger partial charge is 0.221 e. The Bertz CT molecular complexity index is 398. The third kappa shape index (κ3) is 3.31. The summed E-state index contributed by atoms with van der Waals surface area (Å²) in [5.41, 5.74) is 1.60. The van der Waals surface area contributed by atoms with Crippen LogP contribution >= 0.6 is 11.6 Å². The molecule has 0 aromatic rings. The minimum Gasteiger partial charge on any atom is -0.298 e. The van der Waals surface area contributed by atoms with Gasteiger partial charge in [0.1, 0.15) is 5.94 Å². The summed E-state index contributed by atoms with van der Waals surface area (Å²) in [4.78, 5) is 31.6. The lowest BCUT2D eigenvalue weighted by molar-refractivity contribution is -0.111. The third-order valence-corrected chi connectivity index (χ3v) is 2.33. The van der Waals surface area contributed by atoms with E-state index in [1.54, 1.807) is 18.1 Å². The lowest BCUT2D eigenvalue weighted by Gasteiger charge is -2.11. The molecule has 0 bridgehead atoms. The molecule has 1 rings (SSSR count). The number of carbonyl (C=O) groups excluding carboxylic acids is 3. The second-order valence-corrected chi connectivity index (χ2v) is 3.60. The maximum Gasteiger partial charge on any atom is 0.221 e. The van der Waals surface area contributed by atoms with E-state index < -0.39 is 5.24 Å². The highest BCUT2D eigenvalue weighted by Gasteiger charge is 2.13. The van der Waals surface area contributed by atoms with Crippen molar-refractivity contribution in [3.63, 3.8) is 0 Å². The summed E-state index contributed by atoms with van der Waals surface area (Å²) in [5.74, 6) is 1.73. The van der Waals surface area contributed by atoms with Crippen molar-refractivity contribution in [2.24, 2.45) is 0 Å². The van der Waals surface area contributed by atoms with Crippen LogP contribution in [0.3, 0.4) is 0 Å². The zero-order valence-electron chi connectivity index (χ0n) is 7.96. The monoisotopic (exact) mass is 224 g/mol. The molecular weight excluding hydrogens is 216 g/mol. The molecule has 1 aliphatic carbocycles. The van der Waals surface area contributed by atoms with Gasteiger partial charge in [0.15, 0.2) is 6.29 Å². The maximum absolute atomic E-state index is 10.5. The van der Waals surface area contributed by atoms with Crippen LogP contribution in [0.1, 0.15) is 19.3 Å². The van der Waals surface area contributed by atoms with Crippen LogP contribution in [0.25, 0.3) is 0 Å². The average Bonchev–Trinajstić information content (AvgIpc) is 2.25. The Morgan fingerprint density at radius 3 is 2.80 bits per heavy atom. The molecule has 78 valence electrons. The first-order valence-corrected chi connectivity index (χ1v) is 4.82. The standard InChI is InChI=1S/C11H9ClO3/c12-11(15)4-2-8-1-3-9(6-13)10(5-8)7-14/h1,3,6H,2,4-5H2. The zero-order chi connectivity index (χ0) is 11.3. The Morgan fingerprint density at radius 2 is 2.27 bits per heavy atom. The summed E-state index contributed by atoms with van der Waals surface area (Å²) in [6.07, 6.45) is 5.05. The van der Waals surface area contributed by atoms with Gasteiger partial charge in [-0.05, 0) is 18.0 Å². The molecule has 15 heavy (non-hydrogen) atoms. The number of hydrogen-bond acceptors (Lipinski definition) is 3. The third-order valence-electron chi connectivity index (χ3n) is 2.14. The van der Waals surface area contributed by atoms with Crippen LogP contribution in [0, 0.1) is 0 Å². The van der Waals surface area contributed by atoms with E-state index in [9.17, 15) is 14.4 Å².